The average Bonchev–Trinajstić information content (AvgIpc) is 2.59. The third kappa shape index (κ3) is 5.55. The van der Waals surface area contributed by atoms with Gasteiger partial charge >= 0.3 is 0 Å². The van der Waals surface area contributed by atoms with Crippen molar-refractivity contribution in [3.05, 3.63) is 74.8 Å². The van der Waals surface area contributed by atoms with Gasteiger partial charge in [0.2, 0.25) is 0 Å². The third-order valence-electron chi connectivity index (χ3n) is 3.83. The highest BCUT2D eigenvalue weighted by atomic mass is 35.5. The second-order valence-corrected chi connectivity index (χ2v) is 6.49. The summed E-state index contributed by atoms with van der Waals surface area (Å²) in [7, 11) is 0. The van der Waals surface area contributed by atoms with Gasteiger partial charge in [-0.3, -0.25) is 14.9 Å². The summed E-state index contributed by atoms with van der Waals surface area (Å²) in [6, 6.07) is 13.4. The second-order valence-electron chi connectivity index (χ2n) is 6.09. The summed E-state index contributed by atoms with van der Waals surface area (Å²) in [5, 5.41) is 23.9. The van der Waals surface area contributed by atoms with E-state index >= 15 is 0 Å². The van der Waals surface area contributed by atoms with Crippen molar-refractivity contribution >= 4 is 23.2 Å². The van der Waals surface area contributed by atoms with Crippen LogP contribution in [0.4, 0.5) is 5.69 Å². The fraction of sp³-hybridized carbons (Fsp3) is 0.278. The zero-order valence-electron chi connectivity index (χ0n) is 13.7. The van der Waals surface area contributed by atoms with Crippen LogP contribution in [0.3, 0.4) is 0 Å². The molecule has 0 aliphatic heterocycles. The quantitative estimate of drug-likeness (QED) is 0.583. The standard InChI is InChI=1S/C18H19ClN2O4/c1-18(23,10-9-13-5-3-2-4-6-13)12-20-17(22)15-11-14(21(24)25)7-8-16(15)19/h2-8,11,23H,9-10,12H2,1H3,(H,20,22). The lowest BCUT2D eigenvalue weighted by Gasteiger charge is -2.23. The smallest absolute Gasteiger partial charge is 0.270 e. The number of aliphatic hydroxyl groups is 1. The normalized spacial score (nSPS) is 13.1. The number of rotatable bonds is 7. The lowest BCUT2D eigenvalue weighted by atomic mass is 9.96. The van der Waals surface area contributed by atoms with E-state index < -0.39 is 16.4 Å². The molecule has 6 nitrogen and oxygen atoms in total. The fourth-order valence-corrected chi connectivity index (χ4v) is 2.52. The molecule has 0 aliphatic carbocycles. The van der Waals surface area contributed by atoms with Crippen molar-refractivity contribution < 1.29 is 14.8 Å². The molecular weight excluding hydrogens is 344 g/mol. The van der Waals surface area contributed by atoms with Gasteiger partial charge in [-0.05, 0) is 31.4 Å². The van der Waals surface area contributed by atoms with Crippen LogP contribution >= 0.6 is 11.6 Å². The van der Waals surface area contributed by atoms with Gasteiger partial charge in [0.1, 0.15) is 0 Å². The van der Waals surface area contributed by atoms with Gasteiger partial charge in [0.25, 0.3) is 11.6 Å². The molecule has 1 amide bonds. The van der Waals surface area contributed by atoms with Gasteiger partial charge in [0.15, 0.2) is 0 Å². The van der Waals surface area contributed by atoms with E-state index in [-0.39, 0.29) is 22.8 Å². The number of amides is 1. The molecular formula is C18H19ClN2O4. The Morgan fingerprint density at radius 2 is 1.96 bits per heavy atom. The lowest BCUT2D eigenvalue weighted by Crippen LogP contribution is -2.41. The van der Waals surface area contributed by atoms with Crippen LogP contribution in [0.5, 0.6) is 0 Å². The van der Waals surface area contributed by atoms with Crippen molar-refractivity contribution in [3.8, 4) is 0 Å². The van der Waals surface area contributed by atoms with Crippen molar-refractivity contribution in [2.75, 3.05) is 6.54 Å². The van der Waals surface area contributed by atoms with Crippen molar-refractivity contribution in [3.63, 3.8) is 0 Å². The number of aryl methyl sites for hydroxylation is 1. The topological polar surface area (TPSA) is 92.5 Å². The molecule has 7 heteroatoms. The van der Waals surface area contributed by atoms with Crippen molar-refractivity contribution in [2.24, 2.45) is 0 Å². The minimum atomic E-state index is -1.11. The number of halogens is 1. The van der Waals surface area contributed by atoms with Gasteiger partial charge in [0.05, 0.1) is 21.1 Å². The average molecular weight is 363 g/mol. The number of nitrogens with one attached hydrogen (secondary N) is 1. The van der Waals surface area contributed by atoms with E-state index in [1.54, 1.807) is 6.92 Å². The summed E-state index contributed by atoms with van der Waals surface area (Å²) < 4.78 is 0. The maximum atomic E-state index is 12.2. The number of nitrogens with zero attached hydrogens (tertiary/aromatic N) is 1. The fourth-order valence-electron chi connectivity index (χ4n) is 2.31. The van der Waals surface area contributed by atoms with Crippen LogP contribution in [-0.4, -0.2) is 28.1 Å². The van der Waals surface area contributed by atoms with E-state index in [0.29, 0.717) is 12.8 Å². The maximum Gasteiger partial charge on any atom is 0.270 e. The summed E-state index contributed by atoms with van der Waals surface area (Å²) in [4.78, 5) is 22.5. The monoisotopic (exact) mass is 362 g/mol. The molecule has 25 heavy (non-hydrogen) atoms. The van der Waals surface area contributed by atoms with Gasteiger partial charge < -0.3 is 10.4 Å². The molecule has 0 aliphatic rings. The largest absolute Gasteiger partial charge is 0.388 e. The van der Waals surface area contributed by atoms with Crippen LogP contribution < -0.4 is 5.32 Å². The number of carbonyl (C=O) groups excluding carboxylic acids is 1. The van der Waals surface area contributed by atoms with E-state index in [9.17, 15) is 20.0 Å². The van der Waals surface area contributed by atoms with Crippen LogP contribution in [0.15, 0.2) is 48.5 Å². The van der Waals surface area contributed by atoms with E-state index in [2.05, 4.69) is 5.32 Å². The Bertz CT molecular complexity index is 763. The van der Waals surface area contributed by atoms with Crippen molar-refractivity contribution in [1.29, 1.82) is 0 Å². The predicted molar refractivity (Wildman–Crippen MR) is 95.8 cm³/mol. The van der Waals surface area contributed by atoms with E-state index in [1.807, 2.05) is 30.3 Å². The predicted octanol–water partition coefficient (Wildman–Crippen LogP) is 3.36. The highest BCUT2D eigenvalue weighted by Gasteiger charge is 2.23. The first-order valence-corrected chi connectivity index (χ1v) is 8.15. The minimum absolute atomic E-state index is 0.00901. The number of hydrogen-bond acceptors (Lipinski definition) is 4. The first kappa shape index (κ1) is 18.9. The first-order valence-electron chi connectivity index (χ1n) is 7.77. The molecule has 2 aromatic rings. The number of hydrogen-bond donors (Lipinski definition) is 2. The first-order chi connectivity index (χ1) is 11.8. The molecule has 0 radical (unpaired) electrons. The van der Waals surface area contributed by atoms with E-state index in [0.717, 1.165) is 11.6 Å². The van der Waals surface area contributed by atoms with Crippen LogP contribution in [0, 0.1) is 10.1 Å². The Balaban J connectivity index is 1.96. The summed E-state index contributed by atoms with van der Waals surface area (Å²) >= 11 is 5.94. The van der Waals surface area contributed by atoms with Crippen LogP contribution in [0.2, 0.25) is 5.02 Å². The van der Waals surface area contributed by atoms with Crippen LogP contribution in [-0.2, 0) is 6.42 Å². The summed E-state index contributed by atoms with van der Waals surface area (Å²) in [6.07, 6.45) is 1.13. The lowest BCUT2D eigenvalue weighted by molar-refractivity contribution is -0.384. The van der Waals surface area contributed by atoms with Crippen LogP contribution in [0.1, 0.15) is 29.3 Å². The second kappa shape index (κ2) is 8.09. The Hall–Kier alpha value is -2.44. The molecule has 0 fully saturated rings. The van der Waals surface area contributed by atoms with Crippen molar-refractivity contribution in [2.45, 2.75) is 25.4 Å². The Labute approximate surface area is 150 Å². The van der Waals surface area contributed by atoms with E-state index in [4.69, 9.17) is 11.6 Å². The molecule has 0 spiro atoms. The Morgan fingerprint density at radius 1 is 1.28 bits per heavy atom. The molecule has 0 bridgehead atoms. The van der Waals surface area contributed by atoms with Gasteiger partial charge in [-0.25, -0.2) is 0 Å². The maximum absolute atomic E-state index is 12.2. The molecule has 2 rings (SSSR count). The summed E-state index contributed by atoms with van der Waals surface area (Å²) in [6.45, 7) is 1.64. The van der Waals surface area contributed by atoms with Crippen molar-refractivity contribution in [1.82, 2.24) is 5.32 Å². The molecule has 132 valence electrons. The third-order valence-corrected chi connectivity index (χ3v) is 4.16. The van der Waals surface area contributed by atoms with Gasteiger partial charge in [0, 0.05) is 18.7 Å². The highest BCUT2D eigenvalue weighted by molar-refractivity contribution is 6.33. The van der Waals surface area contributed by atoms with Crippen LogP contribution in [0.25, 0.3) is 0 Å². The summed E-state index contributed by atoms with van der Waals surface area (Å²) in [5.74, 6) is -0.561. The molecule has 0 heterocycles. The molecule has 1 unspecified atom stereocenters. The molecule has 2 N–H and O–H groups in total. The molecule has 0 saturated heterocycles. The molecule has 0 saturated carbocycles. The number of benzene rings is 2. The minimum Gasteiger partial charge on any atom is -0.388 e. The van der Waals surface area contributed by atoms with Gasteiger partial charge in [-0.2, -0.15) is 0 Å². The molecule has 1 atom stereocenters. The van der Waals surface area contributed by atoms with Gasteiger partial charge in [-0.15, -0.1) is 0 Å². The Kier molecular flexibility index (Phi) is 6.12. The number of non-ortho nitro benzene ring substituents is 1. The SMILES string of the molecule is CC(O)(CCc1ccccc1)CNC(=O)c1cc([N+](=O)[O-])ccc1Cl. The molecule has 0 aromatic heterocycles. The number of nitro benzene ring substituents is 1. The van der Waals surface area contributed by atoms with Gasteiger partial charge in [-0.1, -0.05) is 41.9 Å². The van der Waals surface area contributed by atoms with E-state index in [1.165, 1.54) is 12.1 Å². The number of nitro groups is 1. The Morgan fingerprint density at radius 3 is 2.60 bits per heavy atom. The highest BCUT2D eigenvalue weighted by Crippen LogP contribution is 2.22. The summed E-state index contributed by atoms with van der Waals surface area (Å²) in [5.41, 5.74) is -0.227. The zero-order valence-corrected chi connectivity index (χ0v) is 14.5. The zero-order chi connectivity index (χ0) is 18.4. The number of carbonyl (C=O) groups is 1. The molecule has 2 aromatic carbocycles.